The van der Waals surface area contributed by atoms with E-state index in [0.29, 0.717) is 13.1 Å². The molecule has 0 aliphatic carbocycles. The third kappa shape index (κ3) is 2.36. The molecule has 1 rings (SSSR count). The van der Waals surface area contributed by atoms with Crippen LogP contribution in [0.25, 0.3) is 0 Å². The molecule has 0 spiro atoms. The zero-order valence-corrected chi connectivity index (χ0v) is 7.88. The number of piperidine rings is 1. The molecule has 4 nitrogen and oxygen atoms in total. The van der Waals surface area contributed by atoms with Gasteiger partial charge in [0.2, 0.25) is 11.3 Å². The van der Waals surface area contributed by atoms with E-state index in [1.54, 1.807) is 4.31 Å². The Hall–Kier alpha value is -0.260. The summed E-state index contributed by atoms with van der Waals surface area (Å²) >= 11 is -1.31. The van der Waals surface area contributed by atoms with E-state index in [1.165, 1.54) is 7.11 Å². The maximum atomic E-state index is 11.1. The lowest BCUT2D eigenvalue weighted by atomic mass is 10.0. The van der Waals surface area contributed by atoms with Crippen molar-refractivity contribution in [2.24, 2.45) is 5.92 Å². The second kappa shape index (κ2) is 4.69. The van der Waals surface area contributed by atoms with Crippen LogP contribution in [0.4, 0.5) is 0 Å². The van der Waals surface area contributed by atoms with Crippen LogP contribution in [0, 0.1) is 5.92 Å². The molecule has 1 unspecified atom stereocenters. The van der Waals surface area contributed by atoms with Gasteiger partial charge in [0.05, 0.1) is 7.11 Å². The Morgan fingerprint density at radius 1 is 1.50 bits per heavy atom. The van der Waals surface area contributed by atoms with Gasteiger partial charge in [0, 0.05) is 19.0 Å². The summed E-state index contributed by atoms with van der Waals surface area (Å²) < 4.78 is 17.5. The predicted molar refractivity (Wildman–Crippen MR) is 45.5 cm³/mol. The van der Waals surface area contributed by atoms with Crippen molar-refractivity contribution >= 4 is 17.6 Å². The molecule has 0 bridgehead atoms. The summed E-state index contributed by atoms with van der Waals surface area (Å²) in [6.07, 6.45) is 2.56. The van der Waals surface area contributed by atoms with Crippen molar-refractivity contribution < 1.29 is 13.2 Å². The molecule has 0 aromatic carbocycles. The van der Waals surface area contributed by atoms with E-state index in [0.717, 1.165) is 19.1 Å². The summed E-state index contributed by atoms with van der Waals surface area (Å²) in [5.41, 5.74) is 0. The quantitative estimate of drug-likeness (QED) is 0.595. The Kier molecular flexibility index (Phi) is 3.84. The first-order valence-corrected chi connectivity index (χ1v) is 4.97. The van der Waals surface area contributed by atoms with Crippen LogP contribution >= 0.6 is 0 Å². The molecule has 1 heterocycles. The van der Waals surface area contributed by atoms with Crippen molar-refractivity contribution in [2.75, 3.05) is 20.2 Å². The van der Waals surface area contributed by atoms with E-state index < -0.39 is 11.3 Å². The van der Waals surface area contributed by atoms with Gasteiger partial charge in [-0.3, -0.25) is 4.18 Å². The van der Waals surface area contributed by atoms with Gasteiger partial charge in [0.25, 0.3) is 0 Å². The van der Waals surface area contributed by atoms with Crippen LogP contribution in [0.2, 0.25) is 0 Å². The lowest BCUT2D eigenvalue weighted by Gasteiger charge is -2.26. The van der Waals surface area contributed by atoms with Gasteiger partial charge in [-0.25, -0.2) is 8.51 Å². The van der Waals surface area contributed by atoms with Crippen LogP contribution in [0.15, 0.2) is 0 Å². The first-order valence-electron chi connectivity index (χ1n) is 3.94. The number of aldehydes is 1. The molecule has 0 radical (unpaired) electrons. The summed E-state index contributed by atoms with van der Waals surface area (Å²) in [5.74, 6) is 0.148. The highest BCUT2D eigenvalue weighted by atomic mass is 32.2. The van der Waals surface area contributed by atoms with Gasteiger partial charge in [-0.05, 0) is 12.8 Å². The number of hydrogen-bond donors (Lipinski definition) is 0. The standard InChI is InChI=1S/C7H13NO3S/c1-11-12(10)8-4-2-7(6-9)3-5-8/h6-7H,2-5H2,1H3. The van der Waals surface area contributed by atoms with Crippen LogP contribution < -0.4 is 0 Å². The minimum Gasteiger partial charge on any atom is -0.303 e. The molecule has 1 atom stereocenters. The summed E-state index contributed by atoms with van der Waals surface area (Å²) in [6.45, 7) is 1.37. The molecule has 70 valence electrons. The van der Waals surface area contributed by atoms with Crippen LogP contribution in [0.3, 0.4) is 0 Å². The molecule has 1 aliphatic heterocycles. The van der Waals surface area contributed by atoms with Crippen LogP contribution in [-0.2, 0) is 20.2 Å². The zero-order chi connectivity index (χ0) is 8.97. The van der Waals surface area contributed by atoms with E-state index >= 15 is 0 Å². The van der Waals surface area contributed by atoms with Crippen molar-refractivity contribution in [3.8, 4) is 0 Å². The highest BCUT2D eigenvalue weighted by Gasteiger charge is 2.22. The molecule has 0 saturated carbocycles. The monoisotopic (exact) mass is 191 g/mol. The number of carbonyl (C=O) groups is 1. The number of carbonyl (C=O) groups excluding carboxylic acids is 1. The minimum atomic E-state index is -1.31. The topological polar surface area (TPSA) is 46.6 Å². The fourth-order valence-electron chi connectivity index (χ4n) is 1.27. The molecular formula is C7H13NO3S. The average Bonchev–Trinajstić information content (AvgIpc) is 2.17. The van der Waals surface area contributed by atoms with Crippen molar-refractivity contribution in [1.29, 1.82) is 0 Å². The molecule has 5 heteroatoms. The third-order valence-electron chi connectivity index (χ3n) is 2.04. The van der Waals surface area contributed by atoms with Crippen molar-refractivity contribution in [3.05, 3.63) is 0 Å². The lowest BCUT2D eigenvalue weighted by Crippen LogP contribution is -2.35. The summed E-state index contributed by atoms with van der Waals surface area (Å²) in [7, 11) is 1.42. The van der Waals surface area contributed by atoms with E-state index in [2.05, 4.69) is 4.18 Å². The Bertz CT molecular complexity index is 177. The van der Waals surface area contributed by atoms with E-state index in [-0.39, 0.29) is 5.92 Å². The van der Waals surface area contributed by atoms with Gasteiger partial charge in [-0.15, -0.1) is 0 Å². The van der Waals surface area contributed by atoms with Crippen LogP contribution in [0.5, 0.6) is 0 Å². The van der Waals surface area contributed by atoms with Gasteiger partial charge in [0.15, 0.2) is 0 Å². The highest BCUT2D eigenvalue weighted by Crippen LogP contribution is 2.16. The Morgan fingerprint density at radius 2 is 2.08 bits per heavy atom. The van der Waals surface area contributed by atoms with E-state index in [4.69, 9.17) is 0 Å². The van der Waals surface area contributed by atoms with Crippen molar-refractivity contribution in [3.63, 3.8) is 0 Å². The van der Waals surface area contributed by atoms with Gasteiger partial charge in [-0.1, -0.05) is 0 Å². The molecule has 0 N–H and O–H groups in total. The van der Waals surface area contributed by atoms with E-state index in [1.807, 2.05) is 0 Å². The second-order valence-electron chi connectivity index (χ2n) is 2.79. The summed E-state index contributed by atoms with van der Waals surface area (Å²) in [4.78, 5) is 10.4. The smallest absolute Gasteiger partial charge is 0.236 e. The Balaban J connectivity index is 2.35. The van der Waals surface area contributed by atoms with Crippen molar-refractivity contribution in [1.82, 2.24) is 4.31 Å². The lowest BCUT2D eigenvalue weighted by molar-refractivity contribution is -0.112. The number of nitrogens with zero attached hydrogens (tertiary/aromatic N) is 1. The van der Waals surface area contributed by atoms with Gasteiger partial charge < -0.3 is 4.79 Å². The van der Waals surface area contributed by atoms with Crippen molar-refractivity contribution in [2.45, 2.75) is 12.8 Å². The molecule has 12 heavy (non-hydrogen) atoms. The normalized spacial score (nSPS) is 23.8. The third-order valence-corrected chi connectivity index (χ3v) is 3.12. The fraction of sp³-hybridized carbons (Fsp3) is 0.857. The van der Waals surface area contributed by atoms with Gasteiger partial charge in [0.1, 0.15) is 6.29 Å². The fourth-order valence-corrected chi connectivity index (χ4v) is 1.99. The molecule has 0 aromatic heterocycles. The predicted octanol–water partition coefficient (Wildman–Crippen LogP) is 0.122. The molecule has 1 aliphatic rings. The van der Waals surface area contributed by atoms with Crippen LogP contribution in [-0.4, -0.2) is 35.0 Å². The van der Waals surface area contributed by atoms with Gasteiger partial charge in [-0.2, -0.15) is 0 Å². The average molecular weight is 191 g/mol. The van der Waals surface area contributed by atoms with Crippen LogP contribution in [0.1, 0.15) is 12.8 Å². The molecule has 1 fully saturated rings. The highest BCUT2D eigenvalue weighted by molar-refractivity contribution is 7.77. The summed E-state index contributed by atoms with van der Waals surface area (Å²) in [6, 6.07) is 0. The molecule has 1 saturated heterocycles. The maximum absolute atomic E-state index is 11.1. The second-order valence-corrected chi connectivity index (χ2v) is 4.07. The molecule has 0 amide bonds. The largest absolute Gasteiger partial charge is 0.303 e. The molecular weight excluding hydrogens is 178 g/mol. The number of hydrogen-bond acceptors (Lipinski definition) is 3. The first kappa shape index (κ1) is 9.83. The maximum Gasteiger partial charge on any atom is 0.236 e. The zero-order valence-electron chi connectivity index (χ0n) is 7.06. The molecule has 0 aromatic rings. The minimum absolute atomic E-state index is 0.148. The van der Waals surface area contributed by atoms with E-state index in [9.17, 15) is 9.00 Å². The Morgan fingerprint density at radius 3 is 2.50 bits per heavy atom. The van der Waals surface area contributed by atoms with Gasteiger partial charge >= 0.3 is 0 Å². The first-order chi connectivity index (χ1) is 5.77. The summed E-state index contributed by atoms with van der Waals surface area (Å²) in [5, 5.41) is 0. The Labute approximate surface area is 74.7 Å². The number of rotatable bonds is 3. The SMILES string of the molecule is COS(=O)N1CCC(C=O)CC1.